The Hall–Kier alpha value is -3.42. The van der Waals surface area contributed by atoms with Gasteiger partial charge >= 0.3 is 5.97 Å². The molecule has 81 heavy (non-hydrogen) atoms. The minimum atomic E-state index is -1.63. The SMILES string of the molecule is CC/C=C\C/C=C\C/C=C\C/C=C\C/C=C\C/C=C\CCCCCCC(=O)OC1C(OCC(NC(=O)C(O)CCCCCCCCCC/C=C/CCCCCCCC)C(O)/C=C/CCCCCCCCCCC)OC(CO)C(O)C1O. The number of nitrogens with one attached hydrogen (secondary N) is 1. The summed E-state index contributed by atoms with van der Waals surface area (Å²) in [5, 5.41) is 57.1. The number of carbonyl (C=O) groups is 2. The van der Waals surface area contributed by atoms with Crippen LogP contribution >= 0.6 is 0 Å². The van der Waals surface area contributed by atoms with Crippen LogP contribution in [0, 0.1) is 0 Å². The maximum absolute atomic E-state index is 13.4. The van der Waals surface area contributed by atoms with Crippen LogP contribution in [0.15, 0.2) is 97.2 Å². The highest BCUT2D eigenvalue weighted by Crippen LogP contribution is 2.26. The van der Waals surface area contributed by atoms with Crippen LogP contribution in [0.25, 0.3) is 0 Å². The van der Waals surface area contributed by atoms with Crippen molar-refractivity contribution >= 4 is 11.9 Å². The van der Waals surface area contributed by atoms with Gasteiger partial charge in [-0.3, -0.25) is 9.59 Å². The van der Waals surface area contributed by atoms with Gasteiger partial charge in [0.15, 0.2) is 12.4 Å². The van der Waals surface area contributed by atoms with Gasteiger partial charge in [0.2, 0.25) is 5.91 Å². The van der Waals surface area contributed by atoms with Crippen LogP contribution in [-0.4, -0.2) is 99.6 Å². The fourth-order valence-electron chi connectivity index (χ4n) is 9.77. The van der Waals surface area contributed by atoms with Crippen LogP contribution in [0.3, 0.4) is 0 Å². The van der Waals surface area contributed by atoms with E-state index in [1.54, 1.807) is 6.08 Å². The average Bonchev–Trinajstić information content (AvgIpc) is 3.50. The number of hydrogen-bond acceptors (Lipinski definition) is 10. The molecule has 0 aliphatic carbocycles. The summed E-state index contributed by atoms with van der Waals surface area (Å²) in [5.74, 6) is -1.22. The van der Waals surface area contributed by atoms with Crippen molar-refractivity contribution in [1.29, 1.82) is 0 Å². The molecule has 1 amide bonds. The molecule has 0 aromatic heterocycles. The van der Waals surface area contributed by atoms with E-state index in [0.29, 0.717) is 12.8 Å². The fraction of sp³-hybridized carbons (Fsp3) is 0.743. The molecule has 466 valence electrons. The number of allylic oxidation sites excluding steroid dienone is 15. The molecular formula is C70H121NO10. The van der Waals surface area contributed by atoms with Crippen molar-refractivity contribution in [2.24, 2.45) is 0 Å². The molecule has 6 N–H and O–H groups in total. The van der Waals surface area contributed by atoms with E-state index in [0.717, 1.165) is 109 Å². The lowest BCUT2D eigenvalue weighted by Gasteiger charge is -2.41. The summed E-state index contributed by atoms with van der Waals surface area (Å²) in [7, 11) is 0. The Labute approximate surface area is 495 Å². The quantitative estimate of drug-likeness (QED) is 0.0195. The van der Waals surface area contributed by atoms with Gasteiger partial charge in [-0.15, -0.1) is 0 Å². The molecule has 1 aliphatic heterocycles. The molecule has 0 bridgehead atoms. The van der Waals surface area contributed by atoms with Gasteiger partial charge in [-0.05, 0) is 103 Å². The van der Waals surface area contributed by atoms with E-state index in [-0.39, 0.29) is 19.4 Å². The van der Waals surface area contributed by atoms with E-state index < -0.39 is 67.4 Å². The zero-order valence-electron chi connectivity index (χ0n) is 51.6. The molecule has 0 saturated carbocycles. The lowest BCUT2D eigenvalue weighted by molar-refractivity contribution is -0.305. The average molecular weight is 1140 g/mol. The number of rotatable bonds is 55. The van der Waals surface area contributed by atoms with Crippen molar-refractivity contribution in [3.63, 3.8) is 0 Å². The predicted molar refractivity (Wildman–Crippen MR) is 338 cm³/mol. The second-order valence-corrected chi connectivity index (χ2v) is 22.5. The van der Waals surface area contributed by atoms with Crippen molar-refractivity contribution in [3.05, 3.63) is 97.2 Å². The van der Waals surface area contributed by atoms with Gasteiger partial charge in [0.05, 0.1) is 25.4 Å². The minimum Gasteiger partial charge on any atom is -0.454 e. The third-order valence-corrected chi connectivity index (χ3v) is 15.0. The molecule has 0 spiro atoms. The Kier molecular flexibility index (Phi) is 53.2. The van der Waals surface area contributed by atoms with Gasteiger partial charge in [-0.25, -0.2) is 0 Å². The summed E-state index contributed by atoms with van der Waals surface area (Å²) in [6.07, 6.45) is 65.8. The second-order valence-electron chi connectivity index (χ2n) is 22.5. The zero-order valence-corrected chi connectivity index (χ0v) is 51.6. The van der Waals surface area contributed by atoms with Gasteiger partial charge in [-0.2, -0.15) is 0 Å². The number of amides is 1. The molecule has 1 rings (SSSR count). The van der Waals surface area contributed by atoms with Gasteiger partial charge < -0.3 is 45.1 Å². The third-order valence-electron chi connectivity index (χ3n) is 15.0. The van der Waals surface area contributed by atoms with Gasteiger partial charge in [0.1, 0.15) is 24.4 Å². The number of hydrogen-bond donors (Lipinski definition) is 6. The first-order chi connectivity index (χ1) is 39.7. The molecule has 11 nitrogen and oxygen atoms in total. The van der Waals surface area contributed by atoms with Crippen molar-refractivity contribution in [2.75, 3.05) is 13.2 Å². The Balaban J connectivity index is 2.64. The van der Waals surface area contributed by atoms with Crippen LogP contribution in [0.2, 0.25) is 0 Å². The molecule has 1 saturated heterocycles. The number of aliphatic hydroxyl groups excluding tert-OH is 5. The Bertz CT molecular complexity index is 1690. The van der Waals surface area contributed by atoms with Crippen LogP contribution in [0.1, 0.15) is 271 Å². The third kappa shape index (κ3) is 44.7. The topological polar surface area (TPSA) is 175 Å². The lowest BCUT2D eigenvalue weighted by atomic mass is 9.99. The van der Waals surface area contributed by atoms with Gasteiger partial charge in [-0.1, -0.05) is 259 Å². The van der Waals surface area contributed by atoms with Crippen molar-refractivity contribution in [3.8, 4) is 0 Å². The molecule has 0 radical (unpaired) electrons. The highest BCUT2D eigenvalue weighted by molar-refractivity contribution is 5.80. The number of esters is 1. The first kappa shape index (κ1) is 75.6. The van der Waals surface area contributed by atoms with E-state index in [4.69, 9.17) is 14.2 Å². The Morgan fingerprint density at radius 1 is 0.494 bits per heavy atom. The molecule has 0 aromatic rings. The summed E-state index contributed by atoms with van der Waals surface area (Å²) in [6, 6.07) is -1.04. The molecule has 1 fully saturated rings. The predicted octanol–water partition coefficient (Wildman–Crippen LogP) is 16.3. The minimum absolute atomic E-state index is 0.0892. The van der Waals surface area contributed by atoms with Crippen molar-refractivity contribution < 1.29 is 49.3 Å². The Morgan fingerprint density at radius 3 is 1.35 bits per heavy atom. The smallest absolute Gasteiger partial charge is 0.306 e. The van der Waals surface area contributed by atoms with E-state index in [9.17, 15) is 35.1 Å². The molecule has 0 aromatic carbocycles. The summed E-state index contributed by atoms with van der Waals surface area (Å²) in [4.78, 5) is 26.6. The largest absolute Gasteiger partial charge is 0.454 e. The zero-order chi connectivity index (χ0) is 58.9. The van der Waals surface area contributed by atoms with Crippen molar-refractivity contribution in [1.82, 2.24) is 5.32 Å². The van der Waals surface area contributed by atoms with E-state index >= 15 is 0 Å². The highest BCUT2D eigenvalue weighted by Gasteiger charge is 2.47. The molecule has 11 heteroatoms. The normalized spacial score (nSPS) is 19.3. The number of unbranched alkanes of at least 4 members (excludes halogenated alkanes) is 27. The molecule has 1 heterocycles. The molecule has 8 atom stereocenters. The highest BCUT2D eigenvalue weighted by atomic mass is 16.7. The van der Waals surface area contributed by atoms with Crippen LogP contribution in [0.5, 0.6) is 0 Å². The van der Waals surface area contributed by atoms with Gasteiger partial charge in [0.25, 0.3) is 0 Å². The number of aliphatic hydroxyl groups is 5. The standard InChI is InChI=1S/C70H121NO10/c1-4-7-10-13-16-19-22-24-26-28-30-31-32-33-34-36-38-40-43-46-49-52-55-58-65(75)81-68-67(77)66(76)64(59-72)80-70(68)79-60-61(62(73)56-53-50-47-44-41-21-18-15-12-9-6-3)71-69(78)63(74)57-54-51-48-45-42-39-37-35-29-27-25-23-20-17-14-11-8-5-2/h7,10,16,19,24-27,30-31,33-34,38,40,53,56,61-64,66-68,70,72-74,76-77H,4-6,8-9,11-15,17-18,20-23,28-29,32,35-37,39,41-52,54-55,57-60H2,1-3H3,(H,71,78)/b10-7-,19-16-,26-24-,27-25+,31-30-,34-33-,40-38-,56-53+. The second kappa shape index (κ2) is 57.0. The molecule has 1 aliphatic rings. The van der Waals surface area contributed by atoms with E-state index in [1.165, 1.54) is 116 Å². The first-order valence-electron chi connectivity index (χ1n) is 33.0. The maximum atomic E-state index is 13.4. The van der Waals surface area contributed by atoms with Crippen LogP contribution < -0.4 is 5.32 Å². The summed E-state index contributed by atoms with van der Waals surface area (Å²) in [5.41, 5.74) is 0. The first-order valence-corrected chi connectivity index (χ1v) is 33.0. The summed E-state index contributed by atoms with van der Waals surface area (Å²) >= 11 is 0. The van der Waals surface area contributed by atoms with E-state index in [2.05, 4.69) is 111 Å². The molecule has 8 unspecified atom stereocenters. The summed E-state index contributed by atoms with van der Waals surface area (Å²) < 4.78 is 17.6. The maximum Gasteiger partial charge on any atom is 0.306 e. The lowest BCUT2D eigenvalue weighted by Crippen LogP contribution is -2.61. The fourth-order valence-corrected chi connectivity index (χ4v) is 9.77. The number of carbonyl (C=O) groups excluding carboxylic acids is 2. The molecular weight excluding hydrogens is 1010 g/mol. The van der Waals surface area contributed by atoms with E-state index in [1.807, 2.05) is 6.08 Å². The van der Waals surface area contributed by atoms with Crippen LogP contribution in [-0.2, 0) is 23.8 Å². The number of ether oxygens (including phenoxy) is 3. The monoisotopic (exact) mass is 1140 g/mol. The van der Waals surface area contributed by atoms with Crippen molar-refractivity contribution in [2.45, 2.75) is 320 Å². The van der Waals surface area contributed by atoms with Crippen LogP contribution in [0.4, 0.5) is 0 Å². The Morgan fingerprint density at radius 2 is 0.889 bits per heavy atom. The summed E-state index contributed by atoms with van der Waals surface area (Å²) in [6.45, 7) is 5.66. The van der Waals surface area contributed by atoms with Gasteiger partial charge in [0, 0.05) is 6.42 Å².